The Labute approximate surface area is 100 Å². The van der Waals surface area contributed by atoms with Crippen LogP contribution in [-0.2, 0) is 0 Å². The summed E-state index contributed by atoms with van der Waals surface area (Å²) in [5.74, 6) is 0.863. The van der Waals surface area contributed by atoms with Crippen molar-refractivity contribution < 1.29 is 5.11 Å². The summed E-state index contributed by atoms with van der Waals surface area (Å²) in [5.41, 5.74) is 2.05. The monoisotopic (exact) mass is 228 g/mol. The molecule has 1 aromatic carbocycles. The molecule has 0 amide bonds. The molecule has 1 fully saturated rings. The molecule has 0 atom stereocenters. The molecule has 0 radical (unpaired) electrons. The number of aromatic nitrogens is 1. The molecule has 0 aliphatic carbocycles. The van der Waals surface area contributed by atoms with Crippen LogP contribution in [-0.4, -0.2) is 23.2 Å². The first-order valence-electron chi connectivity index (χ1n) is 6.13. The number of fused-ring (bicyclic) bond motifs is 1. The Morgan fingerprint density at radius 1 is 1.18 bits per heavy atom. The van der Waals surface area contributed by atoms with Gasteiger partial charge in [0.1, 0.15) is 11.3 Å². The van der Waals surface area contributed by atoms with Crippen molar-refractivity contribution in [3.63, 3.8) is 0 Å². The molecule has 0 unspecified atom stereocenters. The summed E-state index contributed by atoms with van der Waals surface area (Å²) in [5, 5.41) is 14.3. The van der Waals surface area contributed by atoms with Crippen LogP contribution in [0.4, 0.5) is 0 Å². The normalized spacial score (nSPS) is 17.4. The predicted octanol–water partition coefficient (Wildman–Crippen LogP) is 2.41. The molecule has 0 saturated carbocycles. The molecule has 1 aliphatic rings. The van der Waals surface area contributed by atoms with Crippen molar-refractivity contribution in [1.29, 1.82) is 0 Å². The van der Waals surface area contributed by atoms with Crippen LogP contribution in [0.15, 0.2) is 30.5 Å². The number of nitrogens with one attached hydrogen (secondary N) is 1. The lowest BCUT2D eigenvalue weighted by Gasteiger charge is -2.24. The Morgan fingerprint density at radius 3 is 2.82 bits per heavy atom. The second kappa shape index (κ2) is 4.34. The Kier molecular flexibility index (Phi) is 2.69. The highest BCUT2D eigenvalue weighted by Crippen LogP contribution is 2.33. The van der Waals surface area contributed by atoms with Gasteiger partial charge in [-0.1, -0.05) is 12.1 Å². The van der Waals surface area contributed by atoms with Crippen molar-refractivity contribution in [1.82, 2.24) is 10.3 Å². The fourth-order valence-corrected chi connectivity index (χ4v) is 2.67. The molecule has 1 aromatic heterocycles. The van der Waals surface area contributed by atoms with Crippen LogP contribution in [0.5, 0.6) is 5.75 Å². The van der Waals surface area contributed by atoms with Gasteiger partial charge in [-0.05, 0) is 49.5 Å². The topological polar surface area (TPSA) is 45.1 Å². The summed E-state index contributed by atoms with van der Waals surface area (Å²) < 4.78 is 0. The quantitative estimate of drug-likeness (QED) is 0.787. The summed E-state index contributed by atoms with van der Waals surface area (Å²) in [6.07, 6.45) is 4.05. The van der Waals surface area contributed by atoms with E-state index in [2.05, 4.69) is 22.4 Å². The van der Waals surface area contributed by atoms with Crippen LogP contribution in [0.1, 0.15) is 24.3 Å². The van der Waals surface area contributed by atoms with Crippen LogP contribution < -0.4 is 5.32 Å². The average molecular weight is 228 g/mol. The molecule has 1 saturated heterocycles. The van der Waals surface area contributed by atoms with Crippen molar-refractivity contribution in [2.75, 3.05) is 13.1 Å². The summed E-state index contributed by atoms with van der Waals surface area (Å²) in [4.78, 5) is 4.27. The van der Waals surface area contributed by atoms with E-state index >= 15 is 0 Å². The highest BCUT2D eigenvalue weighted by molar-refractivity contribution is 5.87. The molecule has 1 aliphatic heterocycles. The van der Waals surface area contributed by atoms with Crippen molar-refractivity contribution >= 4 is 10.9 Å². The minimum Gasteiger partial charge on any atom is -0.506 e. The number of hydrogen-bond acceptors (Lipinski definition) is 3. The van der Waals surface area contributed by atoms with Gasteiger partial charge in [0.15, 0.2) is 0 Å². The Bertz CT molecular complexity index is 533. The molecular weight excluding hydrogens is 212 g/mol. The van der Waals surface area contributed by atoms with E-state index < -0.39 is 0 Å². The number of phenolic OH excluding ortho intramolecular Hbond substituents is 1. The second-order valence-electron chi connectivity index (χ2n) is 4.60. The van der Waals surface area contributed by atoms with Gasteiger partial charge >= 0.3 is 0 Å². The fourth-order valence-electron chi connectivity index (χ4n) is 2.67. The van der Waals surface area contributed by atoms with Gasteiger partial charge in [0, 0.05) is 11.6 Å². The third kappa shape index (κ3) is 1.87. The van der Waals surface area contributed by atoms with Crippen LogP contribution in [0.3, 0.4) is 0 Å². The van der Waals surface area contributed by atoms with Gasteiger partial charge in [0.05, 0.1) is 0 Å². The SMILES string of the molecule is Oc1ccc(C2CCNCC2)c2cccnc12. The van der Waals surface area contributed by atoms with E-state index in [1.54, 1.807) is 12.3 Å². The molecule has 3 rings (SSSR count). The molecule has 17 heavy (non-hydrogen) atoms. The second-order valence-corrected chi connectivity index (χ2v) is 4.60. The minimum absolute atomic E-state index is 0.276. The van der Waals surface area contributed by atoms with E-state index in [1.165, 1.54) is 5.56 Å². The van der Waals surface area contributed by atoms with Gasteiger partial charge in [-0.15, -0.1) is 0 Å². The van der Waals surface area contributed by atoms with Gasteiger partial charge in [0.25, 0.3) is 0 Å². The van der Waals surface area contributed by atoms with Crippen LogP contribution in [0.2, 0.25) is 0 Å². The molecule has 3 nitrogen and oxygen atoms in total. The number of benzene rings is 1. The Morgan fingerprint density at radius 2 is 2.00 bits per heavy atom. The largest absolute Gasteiger partial charge is 0.506 e. The maximum absolute atomic E-state index is 9.82. The van der Waals surface area contributed by atoms with E-state index in [0.29, 0.717) is 5.92 Å². The summed E-state index contributed by atoms with van der Waals surface area (Å²) in [7, 11) is 0. The van der Waals surface area contributed by atoms with Crippen LogP contribution >= 0.6 is 0 Å². The van der Waals surface area contributed by atoms with Crippen molar-refractivity contribution in [2.24, 2.45) is 0 Å². The maximum Gasteiger partial charge on any atom is 0.141 e. The summed E-state index contributed by atoms with van der Waals surface area (Å²) in [6, 6.07) is 7.81. The highest BCUT2D eigenvalue weighted by Gasteiger charge is 2.18. The lowest BCUT2D eigenvalue weighted by Crippen LogP contribution is -2.26. The maximum atomic E-state index is 9.82. The lowest BCUT2D eigenvalue weighted by atomic mass is 9.87. The molecule has 88 valence electrons. The lowest BCUT2D eigenvalue weighted by molar-refractivity contribution is 0.460. The molecule has 3 heteroatoms. The van der Waals surface area contributed by atoms with Gasteiger partial charge in [0.2, 0.25) is 0 Å². The predicted molar refractivity (Wildman–Crippen MR) is 68.3 cm³/mol. The standard InChI is InChI=1S/C14H16N2O/c17-13-4-3-11(10-5-8-15-9-6-10)12-2-1-7-16-14(12)13/h1-4,7,10,15,17H,5-6,8-9H2. The van der Waals surface area contributed by atoms with E-state index in [1.807, 2.05) is 6.07 Å². The van der Waals surface area contributed by atoms with Crippen molar-refractivity contribution in [3.05, 3.63) is 36.0 Å². The third-order valence-electron chi connectivity index (χ3n) is 3.56. The van der Waals surface area contributed by atoms with E-state index in [-0.39, 0.29) is 5.75 Å². The molecule has 0 spiro atoms. The fraction of sp³-hybridized carbons (Fsp3) is 0.357. The molecular formula is C14H16N2O. The number of pyridine rings is 1. The van der Waals surface area contributed by atoms with Gasteiger partial charge in [-0.3, -0.25) is 4.98 Å². The highest BCUT2D eigenvalue weighted by atomic mass is 16.3. The Hall–Kier alpha value is -1.61. The van der Waals surface area contributed by atoms with Gasteiger partial charge < -0.3 is 10.4 Å². The summed E-state index contributed by atoms with van der Waals surface area (Å²) >= 11 is 0. The number of nitrogens with zero attached hydrogens (tertiary/aromatic N) is 1. The van der Waals surface area contributed by atoms with Crippen molar-refractivity contribution in [3.8, 4) is 5.75 Å². The zero-order valence-corrected chi connectivity index (χ0v) is 9.69. The third-order valence-corrected chi connectivity index (χ3v) is 3.56. The van der Waals surface area contributed by atoms with E-state index in [0.717, 1.165) is 36.8 Å². The molecule has 0 bridgehead atoms. The Balaban J connectivity index is 2.12. The van der Waals surface area contributed by atoms with E-state index in [9.17, 15) is 5.11 Å². The summed E-state index contributed by atoms with van der Waals surface area (Å²) in [6.45, 7) is 2.15. The number of piperidine rings is 1. The number of phenols is 1. The number of aromatic hydroxyl groups is 1. The molecule has 2 heterocycles. The van der Waals surface area contributed by atoms with Crippen LogP contribution in [0, 0.1) is 0 Å². The number of rotatable bonds is 1. The van der Waals surface area contributed by atoms with Gasteiger partial charge in [-0.2, -0.15) is 0 Å². The minimum atomic E-state index is 0.276. The van der Waals surface area contributed by atoms with Gasteiger partial charge in [-0.25, -0.2) is 0 Å². The molecule has 2 N–H and O–H groups in total. The first-order valence-corrected chi connectivity index (χ1v) is 6.13. The number of hydrogen-bond donors (Lipinski definition) is 2. The zero-order chi connectivity index (χ0) is 11.7. The van der Waals surface area contributed by atoms with Crippen LogP contribution in [0.25, 0.3) is 10.9 Å². The van der Waals surface area contributed by atoms with Crippen molar-refractivity contribution in [2.45, 2.75) is 18.8 Å². The zero-order valence-electron chi connectivity index (χ0n) is 9.69. The van der Waals surface area contributed by atoms with E-state index in [4.69, 9.17) is 0 Å². The first-order chi connectivity index (χ1) is 8.36. The molecule has 2 aromatic rings. The smallest absolute Gasteiger partial charge is 0.141 e. The first kappa shape index (κ1) is 10.5. The average Bonchev–Trinajstić information content (AvgIpc) is 2.41.